The van der Waals surface area contributed by atoms with Crippen molar-refractivity contribution in [3.63, 3.8) is 0 Å². The summed E-state index contributed by atoms with van der Waals surface area (Å²) in [6.07, 6.45) is 0. The van der Waals surface area contributed by atoms with Gasteiger partial charge >= 0.3 is 0 Å². The quantitative estimate of drug-likeness (QED) is 0.250. The second-order valence-electron chi connectivity index (χ2n) is 3.09. The SMILES string of the molecule is CCN(CC)C(=O)C(C)NC(=NC)NN. The fourth-order valence-corrected chi connectivity index (χ4v) is 1.25. The lowest BCUT2D eigenvalue weighted by Crippen LogP contribution is -2.51. The zero-order valence-corrected chi connectivity index (χ0v) is 9.87. The number of nitrogens with two attached hydrogens (primary N) is 1. The number of nitrogens with one attached hydrogen (secondary N) is 2. The number of aliphatic imine (C=N–C) groups is 1. The van der Waals surface area contributed by atoms with E-state index in [-0.39, 0.29) is 11.9 Å². The summed E-state index contributed by atoms with van der Waals surface area (Å²) in [4.78, 5) is 17.4. The van der Waals surface area contributed by atoms with Crippen LogP contribution in [0.2, 0.25) is 0 Å². The van der Waals surface area contributed by atoms with Gasteiger partial charge in [0.25, 0.3) is 0 Å². The predicted octanol–water partition coefficient (Wildman–Crippen LogP) is -0.718. The Morgan fingerprint density at radius 2 is 2.00 bits per heavy atom. The molecule has 0 aliphatic carbocycles. The van der Waals surface area contributed by atoms with Gasteiger partial charge in [-0.25, -0.2) is 5.84 Å². The van der Waals surface area contributed by atoms with Crippen molar-refractivity contribution >= 4 is 11.9 Å². The van der Waals surface area contributed by atoms with E-state index < -0.39 is 0 Å². The Labute approximate surface area is 90.9 Å². The molecule has 0 aromatic rings. The summed E-state index contributed by atoms with van der Waals surface area (Å²) in [6, 6.07) is -0.334. The number of amides is 1. The van der Waals surface area contributed by atoms with Crippen molar-refractivity contribution in [2.24, 2.45) is 10.8 Å². The summed E-state index contributed by atoms with van der Waals surface area (Å²) < 4.78 is 0. The van der Waals surface area contributed by atoms with E-state index in [1.165, 1.54) is 0 Å². The van der Waals surface area contributed by atoms with Gasteiger partial charge in [0.05, 0.1) is 0 Å². The molecule has 6 heteroatoms. The third-order valence-electron chi connectivity index (χ3n) is 2.16. The van der Waals surface area contributed by atoms with Crippen LogP contribution in [-0.4, -0.2) is 42.9 Å². The molecule has 1 amide bonds. The number of hydrogen-bond donors (Lipinski definition) is 3. The van der Waals surface area contributed by atoms with Crippen LogP contribution in [0.3, 0.4) is 0 Å². The second-order valence-corrected chi connectivity index (χ2v) is 3.09. The molecule has 1 atom stereocenters. The van der Waals surface area contributed by atoms with Gasteiger partial charge in [0.15, 0.2) is 0 Å². The summed E-state index contributed by atoms with van der Waals surface area (Å²) in [5.41, 5.74) is 2.38. The Hall–Kier alpha value is -1.30. The number of carbonyl (C=O) groups excluding carboxylic acids is 1. The van der Waals surface area contributed by atoms with E-state index in [9.17, 15) is 4.79 Å². The minimum atomic E-state index is -0.334. The lowest BCUT2D eigenvalue weighted by atomic mass is 10.3. The van der Waals surface area contributed by atoms with Gasteiger partial charge in [-0.05, 0) is 20.8 Å². The third-order valence-corrected chi connectivity index (χ3v) is 2.16. The van der Waals surface area contributed by atoms with Gasteiger partial charge in [0.1, 0.15) is 6.04 Å². The Kier molecular flexibility index (Phi) is 6.44. The van der Waals surface area contributed by atoms with Crippen molar-refractivity contribution in [1.29, 1.82) is 0 Å². The van der Waals surface area contributed by atoms with E-state index >= 15 is 0 Å². The standard InChI is InChI=1S/C9H21N5O/c1-5-14(6-2)8(15)7(3)12-9(11-4)13-10/h7H,5-6,10H2,1-4H3,(H2,11,12,13). The summed E-state index contributed by atoms with van der Waals surface area (Å²) in [5, 5.41) is 2.89. The molecule has 0 aromatic carbocycles. The van der Waals surface area contributed by atoms with Crippen molar-refractivity contribution in [1.82, 2.24) is 15.6 Å². The molecule has 15 heavy (non-hydrogen) atoms. The van der Waals surface area contributed by atoms with E-state index in [1.54, 1.807) is 18.9 Å². The normalized spacial score (nSPS) is 13.3. The lowest BCUT2D eigenvalue weighted by Gasteiger charge is -2.24. The first kappa shape index (κ1) is 13.7. The van der Waals surface area contributed by atoms with Crippen LogP contribution in [0, 0.1) is 0 Å². The van der Waals surface area contributed by atoms with Crippen molar-refractivity contribution in [2.75, 3.05) is 20.1 Å². The van der Waals surface area contributed by atoms with E-state index in [0.717, 1.165) is 0 Å². The van der Waals surface area contributed by atoms with E-state index in [0.29, 0.717) is 19.0 Å². The number of nitrogens with zero attached hydrogens (tertiary/aromatic N) is 2. The second kappa shape index (κ2) is 7.05. The van der Waals surface area contributed by atoms with E-state index in [2.05, 4.69) is 15.7 Å². The van der Waals surface area contributed by atoms with Gasteiger partial charge in [-0.1, -0.05) is 0 Å². The molecule has 0 radical (unpaired) electrons. The average Bonchev–Trinajstić information content (AvgIpc) is 2.26. The monoisotopic (exact) mass is 215 g/mol. The van der Waals surface area contributed by atoms with E-state index in [4.69, 9.17) is 5.84 Å². The molecule has 0 saturated heterocycles. The van der Waals surface area contributed by atoms with Crippen LogP contribution >= 0.6 is 0 Å². The van der Waals surface area contributed by atoms with Crippen molar-refractivity contribution in [2.45, 2.75) is 26.8 Å². The molecule has 0 aliphatic rings. The maximum Gasteiger partial charge on any atom is 0.244 e. The zero-order valence-electron chi connectivity index (χ0n) is 9.87. The van der Waals surface area contributed by atoms with Crippen LogP contribution in [0.25, 0.3) is 0 Å². The van der Waals surface area contributed by atoms with Crippen LogP contribution < -0.4 is 16.6 Å². The van der Waals surface area contributed by atoms with Gasteiger partial charge < -0.3 is 10.2 Å². The van der Waals surface area contributed by atoms with Gasteiger partial charge in [0.2, 0.25) is 11.9 Å². The fraction of sp³-hybridized carbons (Fsp3) is 0.778. The van der Waals surface area contributed by atoms with Crippen LogP contribution in [0.5, 0.6) is 0 Å². The highest BCUT2D eigenvalue weighted by Crippen LogP contribution is 1.94. The first-order valence-electron chi connectivity index (χ1n) is 5.09. The molecule has 6 nitrogen and oxygen atoms in total. The highest BCUT2D eigenvalue weighted by Gasteiger charge is 2.18. The average molecular weight is 215 g/mol. The first-order valence-corrected chi connectivity index (χ1v) is 5.09. The minimum absolute atomic E-state index is 0.0383. The van der Waals surface area contributed by atoms with E-state index in [1.807, 2.05) is 13.8 Å². The van der Waals surface area contributed by atoms with Gasteiger partial charge in [-0.3, -0.25) is 15.2 Å². The molecular weight excluding hydrogens is 194 g/mol. The number of likely N-dealkylation sites (N-methyl/N-ethyl adjacent to an activating group) is 1. The Balaban J connectivity index is 4.31. The van der Waals surface area contributed by atoms with Gasteiger partial charge in [-0.15, -0.1) is 0 Å². The summed E-state index contributed by atoms with van der Waals surface area (Å²) in [6.45, 7) is 7.09. The van der Waals surface area contributed by atoms with Crippen LogP contribution in [-0.2, 0) is 4.79 Å². The zero-order chi connectivity index (χ0) is 11.8. The van der Waals surface area contributed by atoms with Crippen molar-refractivity contribution < 1.29 is 4.79 Å². The molecule has 0 saturated carbocycles. The topological polar surface area (TPSA) is 82.8 Å². The summed E-state index contributed by atoms with van der Waals surface area (Å²) in [7, 11) is 1.59. The fourth-order valence-electron chi connectivity index (χ4n) is 1.25. The lowest BCUT2D eigenvalue weighted by molar-refractivity contribution is -0.132. The number of carbonyl (C=O) groups is 1. The highest BCUT2D eigenvalue weighted by atomic mass is 16.2. The molecule has 0 aliphatic heterocycles. The molecular formula is C9H21N5O. The minimum Gasteiger partial charge on any atom is -0.344 e. The number of rotatable bonds is 4. The maximum absolute atomic E-state index is 11.8. The molecule has 4 N–H and O–H groups in total. The van der Waals surface area contributed by atoms with Crippen molar-refractivity contribution in [3.8, 4) is 0 Å². The Bertz CT molecular complexity index is 225. The van der Waals surface area contributed by atoms with Gasteiger partial charge in [0, 0.05) is 20.1 Å². The third kappa shape index (κ3) is 4.16. The molecule has 0 bridgehead atoms. The number of hydrazine groups is 1. The first-order chi connectivity index (χ1) is 7.10. The van der Waals surface area contributed by atoms with Crippen LogP contribution in [0.4, 0.5) is 0 Å². The molecule has 88 valence electrons. The Morgan fingerprint density at radius 3 is 2.33 bits per heavy atom. The van der Waals surface area contributed by atoms with Crippen LogP contribution in [0.1, 0.15) is 20.8 Å². The molecule has 1 unspecified atom stereocenters. The number of hydrogen-bond acceptors (Lipinski definition) is 3. The molecule has 0 rings (SSSR count). The van der Waals surface area contributed by atoms with Crippen LogP contribution in [0.15, 0.2) is 4.99 Å². The summed E-state index contributed by atoms with van der Waals surface area (Å²) >= 11 is 0. The predicted molar refractivity (Wildman–Crippen MR) is 61.2 cm³/mol. The molecule has 0 aromatic heterocycles. The Morgan fingerprint density at radius 1 is 1.47 bits per heavy atom. The van der Waals surface area contributed by atoms with Gasteiger partial charge in [-0.2, -0.15) is 0 Å². The highest BCUT2D eigenvalue weighted by molar-refractivity contribution is 5.88. The van der Waals surface area contributed by atoms with Crippen molar-refractivity contribution in [3.05, 3.63) is 0 Å². The summed E-state index contributed by atoms with van der Waals surface area (Å²) in [5.74, 6) is 5.65. The number of guanidine groups is 1. The molecule has 0 fully saturated rings. The smallest absolute Gasteiger partial charge is 0.244 e. The maximum atomic E-state index is 11.8. The molecule has 0 spiro atoms. The molecule has 0 heterocycles. The largest absolute Gasteiger partial charge is 0.344 e.